The number of nitrogens with one attached hydrogen (secondary N) is 3. The van der Waals surface area contributed by atoms with Crippen molar-refractivity contribution in [3.63, 3.8) is 0 Å². The first-order chi connectivity index (χ1) is 18.3. The van der Waals surface area contributed by atoms with Gasteiger partial charge in [-0.2, -0.15) is 0 Å². The van der Waals surface area contributed by atoms with Gasteiger partial charge in [-0.15, -0.1) is 6.58 Å². The zero-order valence-electron chi connectivity index (χ0n) is 24.0. The number of amides is 2. The highest BCUT2D eigenvalue weighted by Crippen LogP contribution is 2.34. The Morgan fingerprint density at radius 2 is 1.89 bits per heavy atom. The number of piperidine rings is 2. The zero-order valence-corrected chi connectivity index (χ0v) is 24.7. The molecule has 4 atom stereocenters. The maximum Gasteiger partial charge on any atom is 0.251 e. The van der Waals surface area contributed by atoms with Crippen molar-refractivity contribution in [2.45, 2.75) is 91.1 Å². The molecule has 3 N–H and O–H groups in total. The third-order valence-electron chi connectivity index (χ3n) is 8.76. The number of hydrogen-bond donors (Lipinski definition) is 3. The van der Waals surface area contributed by atoms with E-state index in [0.29, 0.717) is 35.6 Å². The number of carbonyl (C=O) groups excluding carboxylic acids is 2. The second-order valence-corrected chi connectivity index (χ2v) is 11.8. The molecule has 2 aliphatic heterocycles. The van der Waals surface area contributed by atoms with Gasteiger partial charge in [-0.25, -0.2) is 0 Å². The number of benzene rings is 1. The molecule has 0 aromatic heterocycles. The van der Waals surface area contributed by atoms with Crippen molar-refractivity contribution in [2.24, 2.45) is 17.8 Å². The van der Waals surface area contributed by atoms with Gasteiger partial charge in [0.15, 0.2) is 0 Å². The molecule has 38 heavy (non-hydrogen) atoms. The predicted molar refractivity (Wildman–Crippen MR) is 159 cm³/mol. The van der Waals surface area contributed by atoms with Crippen LogP contribution in [0.1, 0.15) is 88.1 Å². The first-order valence-corrected chi connectivity index (χ1v) is 15.1. The van der Waals surface area contributed by atoms with Crippen LogP contribution in [0.4, 0.5) is 5.69 Å². The van der Waals surface area contributed by atoms with Crippen LogP contribution in [0, 0.1) is 24.7 Å². The second kappa shape index (κ2) is 14.9. The molecule has 0 saturated carbocycles. The van der Waals surface area contributed by atoms with Crippen LogP contribution in [0.3, 0.4) is 0 Å². The fraction of sp³-hybridized carbons (Fsp3) is 0.677. The third kappa shape index (κ3) is 7.75. The SMILES string of the molecule is C=CCN(c1cc(Cl)cc(C(=O)NCC2C(=O)NC(C)C(CCCCCCC)C2C)c1C)C1CCNCC1. The number of nitrogens with zero attached hydrogens (tertiary/aromatic N) is 1. The minimum Gasteiger partial charge on any atom is -0.364 e. The third-order valence-corrected chi connectivity index (χ3v) is 8.98. The van der Waals surface area contributed by atoms with Crippen molar-refractivity contribution in [2.75, 3.05) is 31.1 Å². The summed E-state index contributed by atoms with van der Waals surface area (Å²) in [6.07, 6.45) is 11.3. The molecule has 0 aliphatic carbocycles. The molecular weight excluding hydrogens is 496 g/mol. The first kappa shape index (κ1) is 30.5. The Bertz CT molecular complexity index is 946. The lowest BCUT2D eigenvalue weighted by Gasteiger charge is -2.40. The van der Waals surface area contributed by atoms with Crippen molar-refractivity contribution in [1.29, 1.82) is 0 Å². The van der Waals surface area contributed by atoms with Crippen LogP contribution in [0.2, 0.25) is 5.02 Å². The normalized spacial score (nSPS) is 24.1. The second-order valence-electron chi connectivity index (χ2n) is 11.4. The molecule has 1 aromatic carbocycles. The lowest BCUT2D eigenvalue weighted by molar-refractivity contribution is -0.131. The molecule has 3 rings (SSSR count). The highest BCUT2D eigenvalue weighted by molar-refractivity contribution is 6.31. The van der Waals surface area contributed by atoms with Crippen molar-refractivity contribution >= 4 is 29.1 Å². The average Bonchev–Trinajstić information content (AvgIpc) is 2.90. The Hall–Kier alpha value is -2.05. The largest absolute Gasteiger partial charge is 0.364 e. The van der Waals surface area contributed by atoms with Crippen LogP contribution in [-0.4, -0.2) is 50.1 Å². The molecule has 7 heteroatoms. The van der Waals surface area contributed by atoms with Crippen LogP contribution >= 0.6 is 11.6 Å². The van der Waals surface area contributed by atoms with Crippen molar-refractivity contribution in [3.05, 3.63) is 40.9 Å². The molecule has 2 fully saturated rings. The van der Waals surface area contributed by atoms with Gasteiger partial charge in [-0.1, -0.05) is 63.6 Å². The zero-order chi connectivity index (χ0) is 27.7. The van der Waals surface area contributed by atoms with Gasteiger partial charge in [-0.3, -0.25) is 9.59 Å². The van der Waals surface area contributed by atoms with E-state index in [2.05, 4.69) is 48.2 Å². The molecule has 1 aromatic rings. The average molecular weight is 545 g/mol. The summed E-state index contributed by atoms with van der Waals surface area (Å²) in [5, 5.41) is 10.2. The van der Waals surface area contributed by atoms with Crippen molar-refractivity contribution in [3.8, 4) is 0 Å². The van der Waals surface area contributed by atoms with Gasteiger partial charge in [0.1, 0.15) is 0 Å². The molecule has 0 radical (unpaired) electrons. The molecule has 6 nitrogen and oxygen atoms in total. The molecule has 212 valence electrons. The molecule has 0 bridgehead atoms. The quantitative estimate of drug-likeness (QED) is 0.214. The van der Waals surface area contributed by atoms with Crippen LogP contribution in [-0.2, 0) is 4.79 Å². The topological polar surface area (TPSA) is 73.5 Å². The van der Waals surface area contributed by atoms with Gasteiger partial charge < -0.3 is 20.9 Å². The van der Waals surface area contributed by atoms with Crippen LogP contribution < -0.4 is 20.9 Å². The maximum atomic E-state index is 13.5. The van der Waals surface area contributed by atoms with Gasteiger partial charge in [0, 0.05) is 41.4 Å². The minimum absolute atomic E-state index is 0.0408. The van der Waals surface area contributed by atoms with E-state index in [1.807, 2.05) is 19.1 Å². The van der Waals surface area contributed by atoms with E-state index in [9.17, 15) is 9.59 Å². The molecule has 2 heterocycles. The number of carbonyl (C=O) groups is 2. The maximum absolute atomic E-state index is 13.5. The Morgan fingerprint density at radius 1 is 1.18 bits per heavy atom. The number of anilines is 1. The summed E-state index contributed by atoms with van der Waals surface area (Å²) in [5.41, 5.74) is 2.46. The monoisotopic (exact) mass is 544 g/mol. The van der Waals surface area contributed by atoms with Gasteiger partial charge in [-0.05, 0) is 75.7 Å². The Balaban J connectivity index is 1.70. The Labute approximate surface area is 235 Å². The highest BCUT2D eigenvalue weighted by atomic mass is 35.5. The van der Waals surface area contributed by atoms with Crippen molar-refractivity contribution < 1.29 is 9.59 Å². The van der Waals surface area contributed by atoms with E-state index >= 15 is 0 Å². The van der Waals surface area contributed by atoms with E-state index in [-0.39, 0.29) is 29.7 Å². The molecule has 4 unspecified atom stereocenters. The Kier molecular flexibility index (Phi) is 12.0. The number of unbranched alkanes of at least 4 members (excludes halogenated alkanes) is 4. The number of hydrogen-bond acceptors (Lipinski definition) is 4. The highest BCUT2D eigenvalue weighted by Gasteiger charge is 2.39. The fourth-order valence-corrected chi connectivity index (χ4v) is 6.62. The smallest absolute Gasteiger partial charge is 0.251 e. The molecule has 2 amide bonds. The van der Waals surface area contributed by atoms with Gasteiger partial charge in [0.05, 0.1) is 5.92 Å². The summed E-state index contributed by atoms with van der Waals surface area (Å²) in [6, 6.07) is 4.24. The summed E-state index contributed by atoms with van der Waals surface area (Å²) >= 11 is 6.55. The van der Waals surface area contributed by atoms with Gasteiger partial charge in [0.25, 0.3) is 5.91 Å². The van der Waals surface area contributed by atoms with Crippen LogP contribution in [0.25, 0.3) is 0 Å². The minimum atomic E-state index is -0.234. The molecule has 2 saturated heterocycles. The van der Waals surface area contributed by atoms with Crippen LogP contribution in [0.5, 0.6) is 0 Å². The van der Waals surface area contributed by atoms with E-state index in [1.165, 1.54) is 32.1 Å². The lowest BCUT2D eigenvalue weighted by Crippen LogP contribution is -2.55. The van der Waals surface area contributed by atoms with Gasteiger partial charge >= 0.3 is 0 Å². The van der Waals surface area contributed by atoms with E-state index in [1.54, 1.807) is 6.07 Å². The molecule has 2 aliphatic rings. The lowest BCUT2D eigenvalue weighted by atomic mass is 9.73. The first-order valence-electron chi connectivity index (χ1n) is 14.7. The summed E-state index contributed by atoms with van der Waals surface area (Å²) in [4.78, 5) is 28.7. The summed E-state index contributed by atoms with van der Waals surface area (Å²) in [6.45, 7) is 15.5. The summed E-state index contributed by atoms with van der Waals surface area (Å²) in [7, 11) is 0. The molecular formula is C31H49ClN4O2. The van der Waals surface area contributed by atoms with E-state index in [0.717, 1.165) is 43.6 Å². The standard InChI is InChI=1S/C31H49ClN4O2/c1-6-8-9-10-11-12-26-21(3)28(31(38)35-23(26)5)20-34-30(37)27-18-24(32)19-29(22(27)4)36(17-7-2)25-13-15-33-16-14-25/h7,18-19,21,23,25-26,28,33H,2,6,8-17,20H2,1,3-5H3,(H,34,37)(H,35,38). The van der Waals surface area contributed by atoms with Crippen LogP contribution in [0.15, 0.2) is 24.8 Å². The summed E-state index contributed by atoms with van der Waals surface area (Å²) < 4.78 is 0. The Morgan fingerprint density at radius 3 is 2.58 bits per heavy atom. The fourth-order valence-electron chi connectivity index (χ4n) is 6.40. The van der Waals surface area contributed by atoms with Gasteiger partial charge in [0.2, 0.25) is 5.91 Å². The van der Waals surface area contributed by atoms with E-state index < -0.39 is 0 Å². The van der Waals surface area contributed by atoms with E-state index in [4.69, 9.17) is 11.6 Å². The number of rotatable bonds is 13. The predicted octanol–water partition coefficient (Wildman–Crippen LogP) is 5.87. The molecule has 0 spiro atoms. The number of halogens is 1. The summed E-state index contributed by atoms with van der Waals surface area (Å²) in [5.74, 6) is 0.267. The van der Waals surface area contributed by atoms with Crippen molar-refractivity contribution in [1.82, 2.24) is 16.0 Å².